The monoisotopic (exact) mass is 236 g/mol. The van der Waals surface area contributed by atoms with Crippen LogP contribution in [0.5, 0.6) is 0 Å². The molecule has 0 aliphatic heterocycles. The summed E-state index contributed by atoms with van der Waals surface area (Å²) < 4.78 is 0. The van der Waals surface area contributed by atoms with Crippen LogP contribution in [0.4, 0.5) is 11.5 Å². The van der Waals surface area contributed by atoms with Crippen LogP contribution in [-0.4, -0.2) is 43.6 Å². The maximum absolute atomic E-state index is 5.98. The smallest absolute Gasteiger partial charge is 0.152 e. The fourth-order valence-corrected chi connectivity index (χ4v) is 1.80. The van der Waals surface area contributed by atoms with Crippen LogP contribution in [0.25, 0.3) is 0 Å². The van der Waals surface area contributed by atoms with E-state index in [1.807, 2.05) is 19.1 Å². The highest BCUT2D eigenvalue weighted by Crippen LogP contribution is 2.20. The Kier molecular flexibility index (Phi) is 5.22. The zero-order valence-electron chi connectivity index (χ0n) is 11.4. The molecule has 0 fully saturated rings. The third kappa shape index (κ3) is 4.23. The number of nitrogens with two attached hydrogens (primary N) is 1. The first kappa shape index (κ1) is 13.8. The highest BCUT2D eigenvalue weighted by atomic mass is 15.2. The van der Waals surface area contributed by atoms with Gasteiger partial charge in [-0.1, -0.05) is 0 Å². The van der Waals surface area contributed by atoms with Crippen molar-refractivity contribution >= 4 is 11.5 Å². The minimum Gasteiger partial charge on any atom is -0.396 e. The third-order valence-corrected chi connectivity index (χ3v) is 2.76. The molecule has 4 nitrogen and oxygen atoms in total. The molecule has 1 aromatic heterocycles. The van der Waals surface area contributed by atoms with Crippen LogP contribution in [0.1, 0.15) is 19.0 Å². The second kappa shape index (κ2) is 6.45. The average Bonchev–Trinajstić information content (AvgIpc) is 2.28. The van der Waals surface area contributed by atoms with Crippen molar-refractivity contribution in [2.24, 2.45) is 0 Å². The predicted octanol–water partition coefficient (Wildman–Crippen LogP) is 1.75. The van der Waals surface area contributed by atoms with Gasteiger partial charge in [-0.3, -0.25) is 0 Å². The van der Waals surface area contributed by atoms with Crippen LogP contribution in [-0.2, 0) is 0 Å². The van der Waals surface area contributed by atoms with Crippen LogP contribution >= 0.6 is 0 Å². The van der Waals surface area contributed by atoms with Crippen molar-refractivity contribution < 1.29 is 0 Å². The summed E-state index contributed by atoms with van der Waals surface area (Å²) in [6.45, 7) is 7.15. The quantitative estimate of drug-likeness (QED) is 0.817. The minimum atomic E-state index is 0.766. The van der Waals surface area contributed by atoms with Crippen LogP contribution in [0.3, 0.4) is 0 Å². The molecule has 1 rings (SSSR count). The molecule has 1 aromatic rings. The maximum Gasteiger partial charge on any atom is 0.152 e. The van der Waals surface area contributed by atoms with Crippen LogP contribution < -0.4 is 10.6 Å². The van der Waals surface area contributed by atoms with Gasteiger partial charge in [0.05, 0.1) is 5.69 Å². The van der Waals surface area contributed by atoms with Gasteiger partial charge in [-0.05, 0) is 53.0 Å². The van der Waals surface area contributed by atoms with E-state index in [-0.39, 0.29) is 0 Å². The van der Waals surface area contributed by atoms with Crippen molar-refractivity contribution in [3.8, 4) is 0 Å². The van der Waals surface area contributed by atoms with Crippen molar-refractivity contribution in [2.45, 2.75) is 20.3 Å². The third-order valence-electron chi connectivity index (χ3n) is 2.76. The van der Waals surface area contributed by atoms with Gasteiger partial charge in [-0.25, -0.2) is 4.98 Å². The Labute approximate surface area is 104 Å². The lowest BCUT2D eigenvalue weighted by Gasteiger charge is -2.24. The first-order valence-electron chi connectivity index (χ1n) is 6.17. The van der Waals surface area contributed by atoms with Gasteiger partial charge in [0.2, 0.25) is 0 Å². The summed E-state index contributed by atoms with van der Waals surface area (Å²) in [4.78, 5) is 8.97. The van der Waals surface area contributed by atoms with Crippen LogP contribution in [0.2, 0.25) is 0 Å². The van der Waals surface area contributed by atoms with Gasteiger partial charge in [0.15, 0.2) is 5.82 Å². The lowest BCUT2D eigenvalue weighted by atomic mass is 10.3. The van der Waals surface area contributed by atoms with Gasteiger partial charge in [0, 0.05) is 18.8 Å². The summed E-state index contributed by atoms with van der Waals surface area (Å²) in [5.74, 6) is 0.922. The van der Waals surface area contributed by atoms with E-state index in [1.54, 1.807) is 0 Å². The molecular weight excluding hydrogens is 212 g/mol. The summed E-state index contributed by atoms with van der Waals surface area (Å²) in [6.07, 6.45) is 1.12. The molecule has 0 radical (unpaired) electrons. The topological polar surface area (TPSA) is 45.4 Å². The first-order valence-corrected chi connectivity index (χ1v) is 6.17. The molecule has 0 aromatic carbocycles. The molecule has 17 heavy (non-hydrogen) atoms. The number of aromatic nitrogens is 1. The Morgan fingerprint density at radius 2 is 1.94 bits per heavy atom. The van der Waals surface area contributed by atoms with E-state index < -0.39 is 0 Å². The van der Waals surface area contributed by atoms with Crippen LogP contribution in [0.15, 0.2) is 12.1 Å². The van der Waals surface area contributed by atoms with Gasteiger partial charge < -0.3 is 15.5 Å². The van der Waals surface area contributed by atoms with Crippen molar-refractivity contribution in [1.29, 1.82) is 0 Å². The van der Waals surface area contributed by atoms with Gasteiger partial charge in [0.1, 0.15) is 0 Å². The highest BCUT2D eigenvalue weighted by molar-refractivity contribution is 5.62. The standard InChI is InChI=1S/C13H24N4/c1-5-17(10-6-9-16(3)4)13-12(14)8-7-11(2)15-13/h7-8H,5-6,9-10,14H2,1-4H3. The second-order valence-corrected chi connectivity index (χ2v) is 4.60. The van der Waals surface area contributed by atoms with E-state index in [4.69, 9.17) is 5.73 Å². The van der Waals surface area contributed by atoms with E-state index in [9.17, 15) is 0 Å². The summed E-state index contributed by atoms with van der Waals surface area (Å²) in [6, 6.07) is 3.89. The SMILES string of the molecule is CCN(CCCN(C)C)c1nc(C)ccc1N. The van der Waals surface area contributed by atoms with Gasteiger partial charge in [0.25, 0.3) is 0 Å². The molecule has 0 atom stereocenters. The zero-order chi connectivity index (χ0) is 12.8. The Hall–Kier alpha value is -1.29. The van der Waals surface area contributed by atoms with Gasteiger partial charge >= 0.3 is 0 Å². The summed E-state index contributed by atoms with van der Waals surface area (Å²) in [5.41, 5.74) is 7.76. The lowest BCUT2D eigenvalue weighted by Crippen LogP contribution is -2.28. The molecule has 0 saturated heterocycles. The molecule has 1 heterocycles. The molecule has 0 amide bonds. The molecule has 2 N–H and O–H groups in total. The van der Waals surface area contributed by atoms with Gasteiger partial charge in [-0.15, -0.1) is 0 Å². The Bertz CT molecular complexity index is 349. The number of anilines is 2. The molecule has 0 aliphatic rings. The fraction of sp³-hybridized carbons (Fsp3) is 0.615. The van der Waals surface area contributed by atoms with E-state index in [0.717, 1.165) is 43.3 Å². The Morgan fingerprint density at radius 1 is 1.24 bits per heavy atom. The summed E-state index contributed by atoms with van der Waals surface area (Å²) in [5, 5.41) is 0. The van der Waals surface area contributed by atoms with E-state index >= 15 is 0 Å². The largest absolute Gasteiger partial charge is 0.396 e. The van der Waals surface area contributed by atoms with E-state index in [2.05, 4.69) is 35.8 Å². The van der Waals surface area contributed by atoms with Crippen molar-refractivity contribution in [1.82, 2.24) is 9.88 Å². The molecule has 0 unspecified atom stereocenters. The number of nitrogens with zero attached hydrogens (tertiary/aromatic N) is 3. The van der Waals surface area contributed by atoms with Crippen molar-refractivity contribution in [2.75, 3.05) is 44.4 Å². The normalized spacial score (nSPS) is 10.9. The molecule has 0 spiro atoms. The average molecular weight is 236 g/mol. The minimum absolute atomic E-state index is 0.766. The van der Waals surface area contributed by atoms with Crippen molar-refractivity contribution in [3.63, 3.8) is 0 Å². The molecule has 4 heteroatoms. The number of pyridine rings is 1. The number of rotatable bonds is 6. The highest BCUT2D eigenvalue weighted by Gasteiger charge is 2.09. The predicted molar refractivity (Wildman–Crippen MR) is 74.4 cm³/mol. The number of hydrogen-bond acceptors (Lipinski definition) is 4. The Balaban J connectivity index is 2.68. The summed E-state index contributed by atoms with van der Waals surface area (Å²) in [7, 11) is 4.19. The second-order valence-electron chi connectivity index (χ2n) is 4.60. The summed E-state index contributed by atoms with van der Waals surface area (Å²) >= 11 is 0. The maximum atomic E-state index is 5.98. The Morgan fingerprint density at radius 3 is 2.53 bits per heavy atom. The van der Waals surface area contributed by atoms with Crippen LogP contribution in [0, 0.1) is 6.92 Å². The van der Waals surface area contributed by atoms with Crippen molar-refractivity contribution in [3.05, 3.63) is 17.8 Å². The zero-order valence-corrected chi connectivity index (χ0v) is 11.4. The molecular formula is C13H24N4. The molecule has 0 bridgehead atoms. The van der Waals surface area contributed by atoms with E-state index in [1.165, 1.54) is 0 Å². The lowest BCUT2D eigenvalue weighted by molar-refractivity contribution is 0.400. The molecule has 0 aliphatic carbocycles. The number of nitrogen functional groups attached to an aromatic ring is 1. The van der Waals surface area contributed by atoms with Gasteiger partial charge in [-0.2, -0.15) is 0 Å². The number of aryl methyl sites for hydroxylation is 1. The molecule has 0 saturated carbocycles. The first-order chi connectivity index (χ1) is 8.04. The molecule has 96 valence electrons. The number of hydrogen-bond donors (Lipinski definition) is 1. The fourth-order valence-electron chi connectivity index (χ4n) is 1.80. The van der Waals surface area contributed by atoms with E-state index in [0.29, 0.717) is 0 Å².